The molecule has 0 fully saturated rings. The Balaban J connectivity index is 2.46. The summed E-state index contributed by atoms with van der Waals surface area (Å²) in [5.74, 6) is 0. The van der Waals surface area contributed by atoms with Crippen LogP contribution in [0.1, 0.15) is 0 Å². The third-order valence-electron chi connectivity index (χ3n) is 1.35. The Labute approximate surface area is 88.5 Å². The van der Waals surface area contributed by atoms with E-state index in [-0.39, 0.29) is 5.28 Å². The molecule has 0 saturated carbocycles. The Morgan fingerprint density at radius 2 is 2.08 bits per heavy atom. The summed E-state index contributed by atoms with van der Waals surface area (Å²) in [6.07, 6.45) is 3.23. The zero-order chi connectivity index (χ0) is 9.26. The molecule has 13 heavy (non-hydrogen) atoms. The second kappa shape index (κ2) is 3.57. The second-order valence-electron chi connectivity index (χ2n) is 2.26. The van der Waals surface area contributed by atoms with Gasteiger partial charge in [-0.05, 0) is 29.2 Å². The highest BCUT2D eigenvalue weighted by Gasteiger charge is 2.04. The largest absolute Gasteiger partial charge is 0.262 e. The SMILES string of the molecule is Clc1cncc(-c2nc(Cl)ns2)c1. The number of hydrogen-bond acceptors (Lipinski definition) is 4. The van der Waals surface area contributed by atoms with Gasteiger partial charge in [-0.15, -0.1) is 0 Å². The van der Waals surface area contributed by atoms with Crippen molar-refractivity contribution in [2.45, 2.75) is 0 Å². The van der Waals surface area contributed by atoms with E-state index in [4.69, 9.17) is 23.2 Å². The molecule has 2 aromatic heterocycles. The number of hydrogen-bond donors (Lipinski definition) is 0. The fourth-order valence-electron chi connectivity index (χ4n) is 0.852. The number of halogens is 2. The number of rotatable bonds is 1. The van der Waals surface area contributed by atoms with Crippen LogP contribution in [-0.2, 0) is 0 Å². The summed E-state index contributed by atoms with van der Waals surface area (Å²) in [5, 5.41) is 1.55. The summed E-state index contributed by atoms with van der Waals surface area (Å²) in [7, 11) is 0. The molecule has 2 aromatic rings. The Morgan fingerprint density at radius 3 is 2.69 bits per heavy atom. The molecule has 0 aromatic carbocycles. The van der Waals surface area contributed by atoms with Gasteiger partial charge in [0.2, 0.25) is 5.28 Å². The van der Waals surface area contributed by atoms with Gasteiger partial charge in [0.15, 0.2) is 0 Å². The van der Waals surface area contributed by atoms with E-state index < -0.39 is 0 Å². The van der Waals surface area contributed by atoms with Gasteiger partial charge in [-0.1, -0.05) is 11.6 Å². The molecule has 0 aliphatic carbocycles. The van der Waals surface area contributed by atoms with Gasteiger partial charge in [0, 0.05) is 18.0 Å². The topological polar surface area (TPSA) is 38.7 Å². The molecular formula is C7H3Cl2N3S. The summed E-state index contributed by atoms with van der Waals surface area (Å²) in [6.45, 7) is 0. The predicted molar refractivity (Wildman–Crippen MR) is 53.2 cm³/mol. The van der Waals surface area contributed by atoms with E-state index in [0.29, 0.717) is 5.02 Å². The lowest BCUT2D eigenvalue weighted by atomic mass is 10.3. The third kappa shape index (κ3) is 1.96. The Bertz CT molecular complexity index is 429. The minimum atomic E-state index is 0.250. The first-order valence-electron chi connectivity index (χ1n) is 3.36. The average Bonchev–Trinajstić information content (AvgIpc) is 2.52. The van der Waals surface area contributed by atoms with Crippen LogP contribution in [0, 0.1) is 0 Å². The van der Waals surface area contributed by atoms with E-state index in [9.17, 15) is 0 Å². The van der Waals surface area contributed by atoms with Crippen LogP contribution in [0.4, 0.5) is 0 Å². The van der Waals surface area contributed by atoms with Crippen molar-refractivity contribution in [1.29, 1.82) is 0 Å². The van der Waals surface area contributed by atoms with E-state index in [2.05, 4.69) is 14.3 Å². The van der Waals surface area contributed by atoms with Crippen molar-refractivity contribution in [3.63, 3.8) is 0 Å². The van der Waals surface area contributed by atoms with E-state index >= 15 is 0 Å². The van der Waals surface area contributed by atoms with E-state index in [1.54, 1.807) is 18.5 Å². The van der Waals surface area contributed by atoms with Gasteiger partial charge in [-0.2, -0.15) is 4.37 Å². The summed E-state index contributed by atoms with van der Waals surface area (Å²) in [5.41, 5.74) is 0.830. The molecule has 0 bridgehead atoms. The summed E-state index contributed by atoms with van der Waals surface area (Å²) < 4.78 is 3.85. The molecule has 0 spiro atoms. The molecular weight excluding hydrogens is 229 g/mol. The minimum absolute atomic E-state index is 0.250. The normalized spacial score (nSPS) is 10.3. The van der Waals surface area contributed by atoms with Gasteiger partial charge in [-0.3, -0.25) is 4.98 Å². The fourth-order valence-corrected chi connectivity index (χ4v) is 1.81. The van der Waals surface area contributed by atoms with E-state index in [0.717, 1.165) is 10.6 Å². The van der Waals surface area contributed by atoms with E-state index in [1.807, 2.05) is 0 Å². The Kier molecular flexibility index (Phi) is 2.44. The molecule has 66 valence electrons. The third-order valence-corrected chi connectivity index (χ3v) is 2.59. The zero-order valence-corrected chi connectivity index (χ0v) is 8.57. The summed E-state index contributed by atoms with van der Waals surface area (Å²) in [6, 6.07) is 1.77. The number of nitrogens with zero attached hydrogens (tertiary/aromatic N) is 3. The van der Waals surface area contributed by atoms with Crippen molar-refractivity contribution < 1.29 is 0 Å². The van der Waals surface area contributed by atoms with Crippen LogP contribution >= 0.6 is 34.7 Å². The highest BCUT2D eigenvalue weighted by Crippen LogP contribution is 2.24. The van der Waals surface area contributed by atoms with Crippen LogP contribution in [0.3, 0.4) is 0 Å². The van der Waals surface area contributed by atoms with Crippen molar-refractivity contribution in [3.05, 3.63) is 28.8 Å². The minimum Gasteiger partial charge on any atom is -0.262 e. The standard InChI is InChI=1S/C7H3Cl2N3S/c8-5-1-4(2-10-3-5)6-11-7(9)12-13-6/h1-3H. The molecule has 2 rings (SSSR count). The molecule has 0 aliphatic heterocycles. The highest BCUT2D eigenvalue weighted by atomic mass is 35.5. The summed E-state index contributed by atoms with van der Waals surface area (Å²) >= 11 is 12.6. The van der Waals surface area contributed by atoms with Gasteiger partial charge in [0.05, 0.1) is 5.02 Å². The van der Waals surface area contributed by atoms with Crippen molar-refractivity contribution in [2.75, 3.05) is 0 Å². The van der Waals surface area contributed by atoms with Crippen LogP contribution in [0.2, 0.25) is 10.3 Å². The maximum atomic E-state index is 5.76. The van der Waals surface area contributed by atoms with Gasteiger partial charge < -0.3 is 0 Å². The van der Waals surface area contributed by atoms with Crippen LogP contribution in [0.15, 0.2) is 18.5 Å². The average molecular weight is 232 g/mol. The lowest BCUT2D eigenvalue weighted by Crippen LogP contribution is -1.78. The molecule has 0 saturated heterocycles. The van der Waals surface area contributed by atoms with Crippen LogP contribution in [-0.4, -0.2) is 14.3 Å². The predicted octanol–water partition coefficient (Wildman–Crippen LogP) is 2.91. The van der Waals surface area contributed by atoms with Gasteiger partial charge in [0.25, 0.3) is 0 Å². The van der Waals surface area contributed by atoms with Crippen molar-refractivity contribution >= 4 is 34.7 Å². The highest BCUT2D eigenvalue weighted by molar-refractivity contribution is 7.09. The molecule has 0 atom stereocenters. The molecule has 0 unspecified atom stereocenters. The van der Waals surface area contributed by atoms with Crippen molar-refractivity contribution in [3.8, 4) is 10.6 Å². The van der Waals surface area contributed by atoms with Gasteiger partial charge in [-0.25, -0.2) is 4.98 Å². The molecule has 0 N–H and O–H groups in total. The van der Waals surface area contributed by atoms with E-state index in [1.165, 1.54) is 11.5 Å². The number of pyridine rings is 1. The van der Waals surface area contributed by atoms with Crippen LogP contribution in [0.25, 0.3) is 10.6 Å². The molecule has 0 radical (unpaired) electrons. The van der Waals surface area contributed by atoms with Gasteiger partial charge in [0.1, 0.15) is 5.01 Å². The molecule has 0 aliphatic rings. The molecule has 6 heteroatoms. The maximum Gasteiger partial charge on any atom is 0.234 e. The number of aromatic nitrogens is 3. The zero-order valence-electron chi connectivity index (χ0n) is 6.24. The maximum absolute atomic E-state index is 5.76. The molecule has 0 amide bonds. The van der Waals surface area contributed by atoms with Crippen molar-refractivity contribution in [1.82, 2.24) is 14.3 Å². The fraction of sp³-hybridized carbons (Fsp3) is 0. The second-order valence-corrected chi connectivity index (χ2v) is 3.79. The lowest BCUT2D eigenvalue weighted by Gasteiger charge is -1.93. The first kappa shape index (κ1) is 8.87. The first-order chi connectivity index (χ1) is 6.25. The molecule has 2 heterocycles. The Morgan fingerprint density at radius 1 is 1.23 bits per heavy atom. The smallest absolute Gasteiger partial charge is 0.234 e. The van der Waals surface area contributed by atoms with Crippen molar-refractivity contribution in [2.24, 2.45) is 0 Å². The molecule has 3 nitrogen and oxygen atoms in total. The van der Waals surface area contributed by atoms with Crippen LogP contribution < -0.4 is 0 Å². The summed E-state index contributed by atoms with van der Waals surface area (Å²) in [4.78, 5) is 7.93. The Hall–Kier alpha value is -0.710. The quantitative estimate of drug-likeness (QED) is 0.758. The van der Waals surface area contributed by atoms with Gasteiger partial charge >= 0.3 is 0 Å². The lowest BCUT2D eigenvalue weighted by molar-refractivity contribution is 1.29. The first-order valence-corrected chi connectivity index (χ1v) is 4.89. The monoisotopic (exact) mass is 231 g/mol. The van der Waals surface area contributed by atoms with Crippen LogP contribution in [0.5, 0.6) is 0 Å².